The third-order valence-electron chi connectivity index (χ3n) is 3.41. The normalized spacial score (nSPS) is 21.8. The molecular formula is C11H15BClNO3. The Hall–Kier alpha value is -0.775. The van der Waals surface area contributed by atoms with Crippen molar-refractivity contribution in [3.05, 3.63) is 27.6 Å². The second kappa shape index (κ2) is 3.87. The zero-order valence-corrected chi connectivity index (χ0v) is 11.1. The summed E-state index contributed by atoms with van der Waals surface area (Å²) in [6.45, 7) is 7.81. The fourth-order valence-corrected chi connectivity index (χ4v) is 1.82. The van der Waals surface area contributed by atoms with Crippen molar-refractivity contribution in [1.29, 1.82) is 0 Å². The van der Waals surface area contributed by atoms with Gasteiger partial charge in [0.2, 0.25) is 5.56 Å². The van der Waals surface area contributed by atoms with Crippen LogP contribution in [0.3, 0.4) is 0 Å². The van der Waals surface area contributed by atoms with Crippen molar-refractivity contribution in [3.63, 3.8) is 0 Å². The molecule has 2 heterocycles. The molecule has 1 aliphatic heterocycles. The molecule has 1 aromatic rings. The zero-order chi connectivity index (χ0) is 12.8. The van der Waals surface area contributed by atoms with Crippen molar-refractivity contribution in [2.45, 2.75) is 38.9 Å². The van der Waals surface area contributed by atoms with Crippen LogP contribution in [0.5, 0.6) is 0 Å². The van der Waals surface area contributed by atoms with E-state index in [4.69, 9.17) is 20.9 Å². The molecule has 2 rings (SSSR count). The van der Waals surface area contributed by atoms with Crippen molar-refractivity contribution >= 4 is 24.2 Å². The molecule has 17 heavy (non-hydrogen) atoms. The maximum atomic E-state index is 11.3. The van der Waals surface area contributed by atoms with Crippen LogP contribution in [0, 0.1) is 0 Å². The SMILES string of the molecule is CC1(C)OB(c2cc(=O)[nH]cc2Cl)OC1(C)C. The third kappa shape index (κ3) is 2.15. The molecule has 0 amide bonds. The Kier molecular flexibility index (Phi) is 2.88. The smallest absolute Gasteiger partial charge is 0.399 e. The number of aromatic nitrogens is 1. The van der Waals surface area contributed by atoms with Crippen LogP contribution in [-0.2, 0) is 9.31 Å². The molecule has 0 atom stereocenters. The van der Waals surface area contributed by atoms with Crippen molar-refractivity contribution in [3.8, 4) is 0 Å². The van der Waals surface area contributed by atoms with Crippen molar-refractivity contribution in [1.82, 2.24) is 4.98 Å². The van der Waals surface area contributed by atoms with E-state index in [1.165, 1.54) is 12.3 Å². The zero-order valence-electron chi connectivity index (χ0n) is 10.3. The lowest BCUT2D eigenvalue weighted by atomic mass is 9.80. The largest absolute Gasteiger partial charge is 0.496 e. The first-order valence-corrected chi connectivity index (χ1v) is 5.84. The molecule has 0 aromatic carbocycles. The minimum absolute atomic E-state index is 0.223. The number of pyridine rings is 1. The Morgan fingerprint density at radius 2 is 1.76 bits per heavy atom. The molecule has 0 radical (unpaired) electrons. The van der Waals surface area contributed by atoms with Gasteiger partial charge in [-0.1, -0.05) is 11.6 Å². The summed E-state index contributed by atoms with van der Waals surface area (Å²) in [5, 5.41) is 0.433. The highest BCUT2D eigenvalue weighted by Crippen LogP contribution is 2.36. The van der Waals surface area contributed by atoms with Gasteiger partial charge < -0.3 is 14.3 Å². The molecule has 0 aliphatic carbocycles. The van der Waals surface area contributed by atoms with Gasteiger partial charge in [-0.15, -0.1) is 0 Å². The molecule has 4 nitrogen and oxygen atoms in total. The lowest BCUT2D eigenvalue weighted by Gasteiger charge is -2.32. The van der Waals surface area contributed by atoms with E-state index in [2.05, 4.69) is 4.98 Å². The summed E-state index contributed by atoms with van der Waals surface area (Å²) in [6.07, 6.45) is 1.45. The average molecular weight is 256 g/mol. The van der Waals surface area contributed by atoms with Crippen molar-refractivity contribution in [2.75, 3.05) is 0 Å². The van der Waals surface area contributed by atoms with Gasteiger partial charge in [0.15, 0.2) is 0 Å². The fraction of sp³-hybridized carbons (Fsp3) is 0.545. The van der Waals surface area contributed by atoms with Crippen LogP contribution in [-0.4, -0.2) is 23.3 Å². The topological polar surface area (TPSA) is 51.3 Å². The molecule has 1 N–H and O–H groups in total. The number of aromatic amines is 1. The van der Waals surface area contributed by atoms with Crippen molar-refractivity contribution in [2.24, 2.45) is 0 Å². The minimum atomic E-state index is -0.602. The summed E-state index contributed by atoms with van der Waals surface area (Å²) in [4.78, 5) is 13.8. The maximum Gasteiger partial charge on any atom is 0.496 e. The lowest BCUT2D eigenvalue weighted by molar-refractivity contribution is 0.00578. The van der Waals surface area contributed by atoms with E-state index in [1.54, 1.807) is 0 Å². The summed E-state index contributed by atoms with van der Waals surface area (Å²) >= 11 is 6.03. The second-order valence-corrected chi connectivity index (χ2v) is 5.60. The highest BCUT2D eigenvalue weighted by molar-refractivity contribution is 6.65. The molecule has 6 heteroatoms. The summed E-state index contributed by atoms with van der Waals surface area (Å²) in [6, 6.07) is 1.41. The number of H-pyrrole nitrogens is 1. The Morgan fingerprint density at radius 1 is 1.24 bits per heavy atom. The van der Waals surface area contributed by atoms with E-state index in [-0.39, 0.29) is 5.56 Å². The van der Waals surface area contributed by atoms with E-state index in [0.717, 1.165) is 0 Å². The van der Waals surface area contributed by atoms with Gasteiger partial charge in [0.1, 0.15) is 0 Å². The summed E-state index contributed by atoms with van der Waals surface area (Å²) in [7, 11) is -0.602. The van der Waals surface area contributed by atoms with E-state index in [9.17, 15) is 4.79 Å². The summed E-state index contributed by atoms with van der Waals surface area (Å²) < 4.78 is 11.7. The number of hydrogen-bond acceptors (Lipinski definition) is 3. The van der Waals surface area contributed by atoms with Gasteiger partial charge in [0, 0.05) is 17.7 Å². The minimum Gasteiger partial charge on any atom is -0.399 e. The number of rotatable bonds is 1. The highest BCUT2D eigenvalue weighted by atomic mass is 35.5. The first kappa shape index (κ1) is 12.7. The Balaban J connectivity index is 2.38. The fourth-order valence-electron chi connectivity index (χ4n) is 1.62. The third-order valence-corrected chi connectivity index (χ3v) is 3.74. The molecule has 1 fully saturated rings. The standard InChI is InChI=1S/C11H15BClNO3/c1-10(2)11(3,4)17-12(16-10)7-5-9(15)14-6-8(7)13/h5-6H,1-4H3,(H,14,15). The van der Waals surface area contributed by atoms with Crippen LogP contribution < -0.4 is 11.0 Å². The molecular weight excluding hydrogens is 240 g/mol. The van der Waals surface area contributed by atoms with Gasteiger partial charge in [-0.05, 0) is 27.7 Å². The quantitative estimate of drug-likeness (QED) is 0.770. The predicted molar refractivity (Wildman–Crippen MR) is 67.8 cm³/mol. The van der Waals surface area contributed by atoms with Crippen LogP contribution in [0.25, 0.3) is 0 Å². The highest BCUT2D eigenvalue weighted by Gasteiger charge is 2.52. The van der Waals surface area contributed by atoms with E-state index >= 15 is 0 Å². The monoisotopic (exact) mass is 255 g/mol. The van der Waals surface area contributed by atoms with Crippen LogP contribution in [0.1, 0.15) is 27.7 Å². The van der Waals surface area contributed by atoms with Gasteiger partial charge >= 0.3 is 7.12 Å². The predicted octanol–water partition coefficient (Wildman–Crippen LogP) is 1.33. The van der Waals surface area contributed by atoms with Crippen LogP contribution in [0.15, 0.2) is 17.1 Å². The van der Waals surface area contributed by atoms with Crippen molar-refractivity contribution < 1.29 is 9.31 Å². The molecule has 0 spiro atoms. The number of nitrogens with one attached hydrogen (secondary N) is 1. The van der Waals surface area contributed by atoms with E-state index < -0.39 is 18.3 Å². The van der Waals surface area contributed by atoms with Gasteiger partial charge in [-0.25, -0.2) is 0 Å². The number of halogens is 1. The van der Waals surface area contributed by atoms with Gasteiger partial charge in [0.05, 0.1) is 16.2 Å². The summed E-state index contributed by atoms with van der Waals surface area (Å²) in [5.74, 6) is 0. The van der Waals surface area contributed by atoms with Gasteiger partial charge in [-0.3, -0.25) is 4.79 Å². The molecule has 1 saturated heterocycles. The molecule has 1 aromatic heterocycles. The molecule has 1 aliphatic rings. The van der Waals surface area contributed by atoms with Gasteiger partial charge in [0.25, 0.3) is 0 Å². The van der Waals surface area contributed by atoms with Crippen LogP contribution in [0.2, 0.25) is 5.02 Å². The first-order valence-electron chi connectivity index (χ1n) is 5.47. The molecule has 0 bridgehead atoms. The van der Waals surface area contributed by atoms with E-state index in [0.29, 0.717) is 10.5 Å². The van der Waals surface area contributed by atoms with E-state index in [1.807, 2.05) is 27.7 Å². The maximum absolute atomic E-state index is 11.3. The number of hydrogen-bond donors (Lipinski definition) is 1. The summed E-state index contributed by atoms with van der Waals surface area (Å²) in [5.41, 5.74) is -0.541. The first-order chi connectivity index (χ1) is 7.73. The van der Waals surface area contributed by atoms with Gasteiger partial charge in [-0.2, -0.15) is 0 Å². The Bertz CT molecular complexity index is 482. The molecule has 0 unspecified atom stereocenters. The molecule has 0 saturated carbocycles. The second-order valence-electron chi connectivity index (χ2n) is 5.19. The molecule has 92 valence electrons. The lowest BCUT2D eigenvalue weighted by Crippen LogP contribution is -2.41. The Labute approximate surface area is 105 Å². The Morgan fingerprint density at radius 3 is 2.29 bits per heavy atom. The van der Waals surface area contributed by atoms with Crippen LogP contribution in [0.4, 0.5) is 0 Å². The van der Waals surface area contributed by atoms with Crippen LogP contribution >= 0.6 is 11.6 Å². The average Bonchev–Trinajstić information content (AvgIpc) is 2.40.